The molecule has 1 atom stereocenters. The number of amides is 1. The van der Waals surface area contributed by atoms with Gasteiger partial charge < -0.3 is 9.80 Å². The van der Waals surface area contributed by atoms with E-state index in [1.165, 1.54) is 29.7 Å². The third kappa shape index (κ3) is 5.60. The predicted molar refractivity (Wildman–Crippen MR) is 135 cm³/mol. The molecule has 2 aromatic rings. The molecule has 1 unspecified atom stereocenters. The number of hydrogen-bond acceptors (Lipinski definition) is 5. The van der Waals surface area contributed by atoms with Gasteiger partial charge in [-0.1, -0.05) is 33.1 Å². The molecule has 0 bridgehead atoms. The van der Waals surface area contributed by atoms with Crippen LogP contribution in [0, 0.1) is 11.7 Å². The number of hydroxylamine groups is 1. The monoisotopic (exact) mass is 486 g/mol. The number of halogens is 1. The highest BCUT2D eigenvalue weighted by molar-refractivity contribution is 6.12. The second-order valence-electron chi connectivity index (χ2n) is 10.0. The van der Waals surface area contributed by atoms with Crippen LogP contribution in [0.4, 0.5) is 4.39 Å². The highest BCUT2D eigenvalue weighted by Gasteiger charge is 2.36. The first-order valence-corrected chi connectivity index (χ1v) is 13.3. The number of ketones is 1. The molecule has 1 aliphatic carbocycles. The van der Waals surface area contributed by atoms with Crippen LogP contribution < -0.4 is 5.17 Å². The van der Waals surface area contributed by atoms with E-state index in [2.05, 4.69) is 23.6 Å². The Morgan fingerprint density at radius 3 is 2.51 bits per heavy atom. The van der Waals surface area contributed by atoms with Gasteiger partial charge in [0.15, 0.2) is 5.78 Å². The number of piperazine rings is 1. The number of carbonyl (C=O) groups excluding carboxylic acids is 2. The van der Waals surface area contributed by atoms with E-state index in [0.717, 1.165) is 45.6 Å². The average molecular weight is 487 g/mol. The average Bonchev–Trinajstić information content (AvgIpc) is 3.18. The van der Waals surface area contributed by atoms with E-state index in [1.54, 1.807) is 6.07 Å². The lowest BCUT2D eigenvalue weighted by Crippen LogP contribution is -2.49. The molecule has 0 radical (unpaired) electrons. The maximum absolute atomic E-state index is 14.2. The van der Waals surface area contributed by atoms with Gasteiger partial charge in [-0.25, -0.2) is 9.07 Å². The molecular weight excluding hydrogens is 447 g/mol. The van der Waals surface area contributed by atoms with E-state index >= 15 is 0 Å². The Bertz CT molecular complexity index is 1040. The molecule has 7 nitrogen and oxygen atoms in total. The molecule has 1 fully saturated rings. The standard InChI is InChI=1S/C27H39FN4O3/c1-3-5-7-8-25(33)32(35)31-23-12-10-21(28)18-22(23)26-24(31)11-9-20(27(26)34)19-30-16-14-29(15-17-30)13-6-4-2/h10,12,18,20,35H,3-9,11,13-17,19H2,1-2H3. The predicted octanol–water partition coefficient (Wildman–Crippen LogP) is 4.38. The summed E-state index contributed by atoms with van der Waals surface area (Å²) in [5.41, 5.74) is 1.54. The topological polar surface area (TPSA) is 69.0 Å². The van der Waals surface area contributed by atoms with Crippen molar-refractivity contribution in [3.8, 4) is 0 Å². The Morgan fingerprint density at radius 2 is 1.80 bits per heavy atom. The summed E-state index contributed by atoms with van der Waals surface area (Å²) in [5.74, 6) is -1.03. The van der Waals surface area contributed by atoms with Gasteiger partial charge in [0, 0.05) is 56.0 Å². The van der Waals surface area contributed by atoms with Crippen LogP contribution in [0.1, 0.15) is 74.8 Å². The van der Waals surface area contributed by atoms with Crippen molar-refractivity contribution in [1.82, 2.24) is 14.5 Å². The number of rotatable bonds is 10. The summed E-state index contributed by atoms with van der Waals surface area (Å²) in [4.78, 5) is 31.2. The molecule has 1 aromatic heterocycles. The van der Waals surface area contributed by atoms with Gasteiger partial charge in [0.2, 0.25) is 0 Å². The first-order valence-electron chi connectivity index (χ1n) is 13.3. The molecule has 0 spiro atoms. The summed E-state index contributed by atoms with van der Waals surface area (Å²) >= 11 is 0. The van der Waals surface area contributed by atoms with Crippen LogP contribution in [0.2, 0.25) is 0 Å². The fraction of sp³-hybridized carbons (Fsp3) is 0.630. The minimum atomic E-state index is -0.436. The van der Waals surface area contributed by atoms with Crippen molar-refractivity contribution in [3.63, 3.8) is 0 Å². The molecule has 1 aromatic carbocycles. The van der Waals surface area contributed by atoms with Crippen LogP contribution in [0.25, 0.3) is 10.9 Å². The molecule has 192 valence electrons. The van der Waals surface area contributed by atoms with Crippen LogP contribution in [0.5, 0.6) is 0 Å². The van der Waals surface area contributed by atoms with Gasteiger partial charge in [-0.2, -0.15) is 0 Å². The van der Waals surface area contributed by atoms with E-state index in [4.69, 9.17) is 0 Å². The molecule has 2 aliphatic rings. The first kappa shape index (κ1) is 25.8. The molecule has 1 aliphatic heterocycles. The van der Waals surface area contributed by atoms with Crippen LogP contribution in [-0.4, -0.2) is 70.6 Å². The minimum Gasteiger partial charge on any atom is -0.301 e. The molecule has 8 heteroatoms. The molecule has 1 saturated heterocycles. The Hall–Kier alpha value is -2.29. The number of benzene rings is 1. The van der Waals surface area contributed by atoms with Crippen molar-refractivity contribution in [2.45, 2.75) is 65.2 Å². The Morgan fingerprint density at radius 1 is 1.09 bits per heavy atom. The number of aromatic nitrogens is 1. The van der Waals surface area contributed by atoms with Crippen molar-refractivity contribution >= 4 is 22.6 Å². The van der Waals surface area contributed by atoms with Crippen molar-refractivity contribution in [2.75, 3.05) is 44.4 Å². The Kier molecular flexibility index (Phi) is 8.57. The summed E-state index contributed by atoms with van der Waals surface area (Å²) in [7, 11) is 0. The number of fused-ring (bicyclic) bond motifs is 3. The molecule has 1 N–H and O–H groups in total. The number of nitrogens with zero attached hydrogens (tertiary/aromatic N) is 4. The lowest BCUT2D eigenvalue weighted by atomic mass is 9.84. The molecule has 35 heavy (non-hydrogen) atoms. The summed E-state index contributed by atoms with van der Waals surface area (Å²) in [6.07, 6.45) is 6.41. The number of carbonyl (C=O) groups is 2. The smallest absolute Gasteiger partial charge is 0.267 e. The van der Waals surface area contributed by atoms with Crippen molar-refractivity contribution in [3.05, 3.63) is 35.3 Å². The summed E-state index contributed by atoms with van der Waals surface area (Å²) < 4.78 is 15.7. The number of hydrogen-bond donors (Lipinski definition) is 1. The highest BCUT2D eigenvalue weighted by Crippen LogP contribution is 2.35. The molecule has 0 saturated carbocycles. The largest absolute Gasteiger partial charge is 0.301 e. The summed E-state index contributed by atoms with van der Waals surface area (Å²) in [6.45, 7) is 10.0. The zero-order valence-electron chi connectivity index (χ0n) is 21.1. The second kappa shape index (κ2) is 11.6. The lowest BCUT2D eigenvalue weighted by molar-refractivity contribution is -0.127. The normalized spacial score (nSPS) is 19.3. The zero-order valence-corrected chi connectivity index (χ0v) is 21.1. The van der Waals surface area contributed by atoms with Gasteiger partial charge in [0.1, 0.15) is 5.82 Å². The van der Waals surface area contributed by atoms with Crippen LogP contribution >= 0.6 is 0 Å². The maximum Gasteiger partial charge on any atom is 0.267 e. The van der Waals surface area contributed by atoms with Crippen molar-refractivity contribution < 1.29 is 19.2 Å². The van der Waals surface area contributed by atoms with Crippen molar-refractivity contribution in [1.29, 1.82) is 0 Å². The van der Waals surface area contributed by atoms with Crippen molar-refractivity contribution in [2.24, 2.45) is 5.92 Å². The fourth-order valence-electron chi connectivity index (χ4n) is 5.47. The van der Waals surface area contributed by atoms with Crippen LogP contribution in [0.15, 0.2) is 18.2 Å². The highest BCUT2D eigenvalue weighted by atomic mass is 19.1. The summed E-state index contributed by atoms with van der Waals surface area (Å²) in [5, 5.41) is 11.9. The lowest BCUT2D eigenvalue weighted by Gasteiger charge is -2.37. The summed E-state index contributed by atoms with van der Waals surface area (Å²) in [6, 6.07) is 4.20. The molecule has 4 rings (SSSR count). The van der Waals surface area contributed by atoms with E-state index in [-0.39, 0.29) is 18.1 Å². The van der Waals surface area contributed by atoms with Crippen LogP contribution in [-0.2, 0) is 11.2 Å². The van der Waals surface area contributed by atoms with E-state index in [9.17, 15) is 19.2 Å². The van der Waals surface area contributed by atoms with E-state index < -0.39 is 11.7 Å². The Labute approximate surface area is 207 Å². The Balaban J connectivity index is 1.54. The van der Waals surface area contributed by atoms with Gasteiger partial charge in [0.25, 0.3) is 5.91 Å². The van der Waals surface area contributed by atoms with Gasteiger partial charge in [0.05, 0.1) is 11.2 Å². The maximum atomic E-state index is 14.2. The van der Waals surface area contributed by atoms with Crippen LogP contribution in [0.3, 0.4) is 0 Å². The zero-order chi connectivity index (χ0) is 24.9. The van der Waals surface area contributed by atoms with E-state index in [0.29, 0.717) is 53.1 Å². The molecule has 1 amide bonds. The number of Topliss-reactive ketones (excluding diaryl/α,β-unsaturated/α-hetero) is 1. The number of unbranched alkanes of at least 4 members (excludes halogenated alkanes) is 3. The van der Waals surface area contributed by atoms with E-state index in [1.807, 2.05) is 0 Å². The third-order valence-electron chi connectivity index (χ3n) is 7.53. The molecule has 2 heterocycles. The van der Waals surface area contributed by atoms with Gasteiger partial charge >= 0.3 is 0 Å². The van der Waals surface area contributed by atoms with Gasteiger partial charge in [-0.05, 0) is 50.4 Å². The SMILES string of the molecule is CCCCCC(=O)N(O)n1c2c(c3cc(F)ccc31)C(=O)C(CN1CCN(CCCC)CC1)CC2. The first-order chi connectivity index (χ1) is 16.9. The second-order valence-corrected chi connectivity index (χ2v) is 10.0. The molecular formula is C27H39FN4O3. The quantitative estimate of drug-likeness (QED) is 0.307. The fourth-order valence-corrected chi connectivity index (χ4v) is 5.47. The minimum absolute atomic E-state index is 0.0131. The third-order valence-corrected chi connectivity index (χ3v) is 7.53. The van der Waals surface area contributed by atoms with Gasteiger partial charge in [-0.15, -0.1) is 5.17 Å². The van der Waals surface area contributed by atoms with Gasteiger partial charge in [-0.3, -0.25) is 14.8 Å².